The van der Waals surface area contributed by atoms with Gasteiger partial charge in [0, 0.05) is 39.3 Å². The van der Waals surface area contributed by atoms with Gasteiger partial charge in [-0.3, -0.25) is 15.3 Å². The van der Waals surface area contributed by atoms with E-state index in [1.807, 2.05) is 0 Å². The molecule has 0 radical (unpaired) electrons. The summed E-state index contributed by atoms with van der Waals surface area (Å²) in [4.78, 5) is 8.98. The second-order valence-corrected chi connectivity index (χ2v) is 5.31. The van der Waals surface area contributed by atoms with Crippen LogP contribution in [0.4, 0.5) is 0 Å². The number of benzene rings is 1. The topological polar surface area (TPSA) is 56.9 Å². The van der Waals surface area contributed by atoms with Gasteiger partial charge in [-0.15, -0.1) is 0 Å². The minimum absolute atomic E-state index is 0.399. The second kappa shape index (κ2) is 7.26. The number of hydrogen-bond acceptors (Lipinski definition) is 3. The SMILES string of the molecule is CN=C(NN)N1CCCN(Cc2ccccc2)CC1C. The lowest BCUT2D eigenvalue weighted by atomic mass is 10.2. The van der Waals surface area contributed by atoms with E-state index in [9.17, 15) is 0 Å². The molecule has 110 valence electrons. The summed E-state index contributed by atoms with van der Waals surface area (Å²) >= 11 is 0. The zero-order valence-electron chi connectivity index (χ0n) is 12.4. The third-order valence-corrected chi connectivity index (χ3v) is 3.79. The Balaban J connectivity index is 1.99. The van der Waals surface area contributed by atoms with Crippen molar-refractivity contribution in [2.24, 2.45) is 10.8 Å². The van der Waals surface area contributed by atoms with Gasteiger partial charge in [0.2, 0.25) is 5.96 Å². The largest absolute Gasteiger partial charge is 0.338 e. The van der Waals surface area contributed by atoms with E-state index in [0.717, 1.165) is 38.6 Å². The van der Waals surface area contributed by atoms with Crippen LogP contribution in [0.1, 0.15) is 18.9 Å². The van der Waals surface area contributed by atoms with Crippen molar-refractivity contribution in [1.29, 1.82) is 0 Å². The molecule has 1 heterocycles. The molecule has 5 heteroatoms. The monoisotopic (exact) mass is 275 g/mol. The molecule has 1 aromatic carbocycles. The van der Waals surface area contributed by atoms with E-state index in [-0.39, 0.29) is 0 Å². The summed E-state index contributed by atoms with van der Waals surface area (Å²) in [7, 11) is 1.77. The van der Waals surface area contributed by atoms with Crippen LogP contribution in [-0.4, -0.2) is 48.5 Å². The first-order valence-electron chi connectivity index (χ1n) is 7.21. The molecule has 5 nitrogen and oxygen atoms in total. The summed E-state index contributed by atoms with van der Waals surface area (Å²) in [5.41, 5.74) is 4.07. The highest BCUT2D eigenvalue weighted by atomic mass is 15.4. The molecule has 1 aliphatic heterocycles. The zero-order chi connectivity index (χ0) is 14.4. The van der Waals surface area contributed by atoms with Crippen LogP contribution in [0.3, 0.4) is 0 Å². The summed E-state index contributed by atoms with van der Waals surface area (Å²) in [6.45, 7) is 6.36. The van der Waals surface area contributed by atoms with Crippen molar-refractivity contribution in [3.63, 3.8) is 0 Å². The predicted molar refractivity (Wildman–Crippen MR) is 83.2 cm³/mol. The minimum atomic E-state index is 0.399. The standard InChI is InChI=1S/C15H25N5/c1-13-11-19(12-14-7-4-3-5-8-14)9-6-10-20(13)15(17-2)18-16/h3-5,7-8,13H,6,9-12,16H2,1-2H3,(H,17,18). The highest BCUT2D eigenvalue weighted by Crippen LogP contribution is 2.13. The Morgan fingerprint density at radius 3 is 2.75 bits per heavy atom. The molecule has 0 aliphatic carbocycles. The first-order valence-corrected chi connectivity index (χ1v) is 7.21. The third kappa shape index (κ3) is 3.71. The number of hydrazine groups is 1. The Morgan fingerprint density at radius 1 is 1.35 bits per heavy atom. The van der Waals surface area contributed by atoms with Crippen LogP contribution < -0.4 is 11.3 Å². The van der Waals surface area contributed by atoms with Crippen molar-refractivity contribution in [2.75, 3.05) is 26.7 Å². The Kier molecular flexibility index (Phi) is 5.38. The van der Waals surface area contributed by atoms with Crippen LogP contribution >= 0.6 is 0 Å². The van der Waals surface area contributed by atoms with Crippen molar-refractivity contribution in [1.82, 2.24) is 15.2 Å². The fourth-order valence-electron chi connectivity index (χ4n) is 2.82. The Hall–Kier alpha value is -1.59. The molecule has 1 aromatic rings. The van der Waals surface area contributed by atoms with E-state index >= 15 is 0 Å². The summed E-state index contributed by atoms with van der Waals surface area (Å²) in [5.74, 6) is 6.33. The molecule has 1 atom stereocenters. The van der Waals surface area contributed by atoms with Crippen molar-refractivity contribution < 1.29 is 0 Å². The lowest BCUT2D eigenvalue weighted by Crippen LogP contribution is -2.50. The van der Waals surface area contributed by atoms with Crippen LogP contribution in [0.2, 0.25) is 0 Å². The van der Waals surface area contributed by atoms with Gasteiger partial charge >= 0.3 is 0 Å². The zero-order valence-corrected chi connectivity index (χ0v) is 12.4. The fourth-order valence-corrected chi connectivity index (χ4v) is 2.82. The van der Waals surface area contributed by atoms with E-state index in [2.05, 4.69) is 57.5 Å². The normalized spacial score (nSPS) is 21.6. The number of aliphatic imine (C=N–C) groups is 1. The van der Waals surface area contributed by atoms with E-state index in [0.29, 0.717) is 6.04 Å². The summed E-state index contributed by atoms with van der Waals surface area (Å²) < 4.78 is 0. The maximum Gasteiger partial charge on any atom is 0.208 e. The summed E-state index contributed by atoms with van der Waals surface area (Å²) in [6, 6.07) is 11.0. The van der Waals surface area contributed by atoms with Gasteiger partial charge in [0.05, 0.1) is 0 Å². The molecule has 0 amide bonds. The number of hydrogen-bond donors (Lipinski definition) is 2. The van der Waals surface area contributed by atoms with E-state index < -0.39 is 0 Å². The van der Waals surface area contributed by atoms with Gasteiger partial charge in [0.25, 0.3) is 0 Å². The average molecular weight is 275 g/mol. The molecule has 0 spiro atoms. The molecule has 1 fully saturated rings. The number of nitrogens with zero attached hydrogens (tertiary/aromatic N) is 3. The highest BCUT2D eigenvalue weighted by molar-refractivity contribution is 5.79. The van der Waals surface area contributed by atoms with Crippen LogP contribution in [0, 0.1) is 0 Å². The van der Waals surface area contributed by atoms with E-state index in [1.54, 1.807) is 7.05 Å². The van der Waals surface area contributed by atoms with Crippen molar-refractivity contribution in [2.45, 2.75) is 25.9 Å². The highest BCUT2D eigenvalue weighted by Gasteiger charge is 2.23. The van der Waals surface area contributed by atoms with Crippen LogP contribution in [-0.2, 0) is 6.54 Å². The molecule has 20 heavy (non-hydrogen) atoms. The Bertz CT molecular complexity index is 431. The second-order valence-electron chi connectivity index (χ2n) is 5.31. The number of rotatable bonds is 2. The van der Waals surface area contributed by atoms with Gasteiger partial charge in [0.1, 0.15) is 0 Å². The van der Waals surface area contributed by atoms with Crippen LogP contribution in [0.15, 0.2) is 35.3 Å². The maximum absolute atomic E-state index is 5.55. The third-order valence-electron chi connectivity index (χ3n) is 3.79. The lowest BCUT2D eigenvalue weighted by Gasteiger charge is -2.31. The van der Waals surface area contributed by atoms with Gasteiger partial charge in [-0.2, -0.15) is 0 Å². The summed E-state index contributed by atoms with van der Waals surface area (Å²) in [6.07, 6.45) is 1.12. The molecule has 3 N–H and O–H groups in total. The number of nitrogens with one attached hydrogen (secondary N) is 1. The molecule has 0 saturated carbocycles. The lowest BCUT2D eigenvalue weighted by molar-refractivity contribution is 0.238. The van der Waals surface area contributed by atoms with Gasteiger partial charge in [0.15, 0.2) is 0 Å². The fraction of sp³-hybridized carbons (Fsp3) is 0.533. The van der Waals surface area contributed by atoms with E-state index in [1.165, 1.54) is 5.56 Å². The Morgan fingerprint density at radius 2 is 2.10 bits per heavy atom. The molecule has 1 saturated heterocycles. The summed E-state index contributed by atoms with van der Waals surface area (Å²) in [5, 5.41) is 0. The van der Waals surface area contributed by atoms with Gasteiger partial charge < -0.3 is 4.90 Å². The van der Waals surface area contributed by atoms with E-state index in [4.69, 9.17) is 5.84 Å². The molecule has 1 aliphatic rings. The van der Waals surface area contributed by atoms with Gasteiger partial charge in [-0.25, -0.2) is 5.84 Å². The van der Waals surface area contributed by atoms with Gasteiger partial charge in [-0.05, 0) is 18.9 Å². The van der Waals surface area contributed by atoms with Crippen molar-refractivity contribution in [3.8, 4) is 0 Å². The first-order chi connectivity index (χ1) is 9.74. The molecular weight excluding hydrogens is 250 g/mol. The number of nitrogens with two attached hydrogens (primary N) is 1. The quantitative estimate of drug-likeness (QED) is 0.366. The Labute approximate surface area is 121 Å². The predicted octanol–water partition coefficient (Wildman–Crippen LogP) is 1.03. The molecule has 2 rings (SSSR count). The van der Waals surface area contributed by atoms with Crippen molar-refractivity contribution in [3.05, 3.63) is 35.9 Å². The van der Waals surface area contributed by atoms with Crippen LogP contribution in [0.25, 0.3) is 0 Å². The molecule has 1 unspecified atom stereocenters. The van der Waals surface area contributed by atoms with Gasteiger partial charge in [-0.1, -0.05) is 30.3 Å². The molecule has 0 bridgehead atoms. The maximum atomic E-state index is 5.55. The van der Waals surface area contributed by atoms with Crippen molar-refractivity contribution >= 4 is 5.96 Å². The molecular formula is C15H25N5. The molecule has 0 aromatic heterocycles. The smallest absolute Gasteiger partial charge is 0.208 e. The first kappa shape index (κ1) is 14.8. The van der Waals surface area contributed by atoms with Crippen LogP contribution in [0.5, 0.6) is 0 Å². The average Bonchev–Trinajstić information content (AvgIpc) is 2.64. The number of guanidine groups is 1. The minimum Gasteiger partial charge on any atom is -0.338 e.